The van der Waals surface area contributed by atoms with Crippen LogP contribution in [0.1, 0.15) is 25.5 Å². The van der Waals surface area contributed by atoms with Crippen molar-refractivity contribution in [2.75, 3.05) is 6.61 Å². The first-order chi connectivity index (χ1) is 8.27. The minimum Gasteiger partial charge on any atom is -0.507 e. The Balaban J connectivity index is 2.13. The van der Waals surface area contributed by atoms with E-state index in [9.17, 15) is 5.11 Å². The molecule has 5 heteroatoms. The van der Waals surface area contributed by atoms with Crippen LogP contribution in [0, 0.1) is 3.70 Å². The summed E-state index contributed by atoms with van der Waals surface area (Å²) in [6, 6.07) is 5.51. The lowest BCUT2D eigenvalue weighted by atomic mass is 10.2. The summed E-state index contributed by atoms with van der Waals surface area (Å²) in [5, 5.41) is 15.2. The molecule has 0 aliphatic carbocycles. The van der Waals surface area contributed by atoms with Crippen molar-refractivity contribution in [2.45, 2.75) is 25.5 Å². The standard InChI is InChI=1S/C12H13IN2O2/c13-12-11-8(4-3-5-9(11)16)15(14-12)10-6-1-2-7-17-10/h3-5,10,16H,1-2,6-7H2. The molecule has 0 amide bonds. The van der Waals surface area contributed by atoms with E-state index in [0.29, 0.717) is 0 Å². The van der Waals surface area contributed by atoms with Gasteiger partial charge in [0.2, 0.25) is 0 Å². The number of nitrogens with zero attached hydrogens (tertiary/aromatic N) is 2. The first-order valence-electron chi connectivity index (χ1n) is 5.74. The van der Waals surface area contributed by atoms with Gasteiger partial charge < -0.3 is 9.84 Å². The first kappa shape index (κ1) is 11.3. The highest BCUT2D eigenvalue weighted by atomic mass is 127. The molecule has 1 N–H and O–H groups in total. The van der Waals surface area contributed by atoms with Crippen LogP contribution < -0.4 is 0 Å². The first-order valence-corrected chi connectivity index (χ1v) is 6.82. The lowest BCUT2D eigenvalue weighted by Gasteiger charge is -2.23. The molecule has 3 rings (SSSR count). The third kappa shape index (κ3) is 1.91. The predicted molar refractivity (Wildman–Crippen MR) is 73.0 cm³/mol. The number of aromatic nitrogens is 2. The number of benzene rings is 1. The second-order valence-corrected chi connectivity index (χ2v) is 5.25. The zero-order valence-corrected chi connectivity index (χ0v) is 11.4. The van der Waals surface area contributed by atoms with Crippen LogP contribution in [-0.2, 0) is 4.74 Å². The van der Waals surface area contributed by atoms with Crippen LogP contribution in [0.2, 0.25) is 0 Å². The van der Waals surface area contributed by atoms with Crippen molar-refractivity contribution in [3.8, 4) is 5.75 Å². The van der Waals surface area contributed by atoms with E-state index in [1.807, 2.05) is 16.8 Å². The minimum absolute atomic E-state index is 0.0107. The maximum absolute atomic E-state index is 9.86. The number of ether oxygens (including phenoxy) is 1. The van der Waals surface area contributed by atoms with Gasteiger partial charge in [0.1, 0.15) is 9.45 Å². The fourth-order valence-corrected chi connectivity index (χ4v) is 3.05. The second kappa shape index (κ2) is 4.45. The van der Waals surface area contributed by atoms with Gasteiger partial charge in [0.05, 0.1) is 10.9 Å². The van der Waals surface area contributed by atoms with E-state index in [1.165, 1.54) is 6.42 Å². The Morgan fingerprint density at radius 1 is 1.41 bits per heavy atom. The van der Waals surface area contributed by atoms with Gasteiger partial charge in [0.15, 0.2) is 6.23 Å². The van der Waals surface area contributed by atoms with E-state index < -0.39 is 0 Å². The molecule has 17 heavy (non-hydrogen) atoms. The Bertz CT molecular complexity index is 547. The molecule has 90 valence electrons. The molecule has 0 radical (unpaired) electrons. The van der Waals surface area contributed by atoms with E-state index in [-0.39, 0.29) is 12.0 Å². The minimum atomic E-state index is 0.0107. The molecule has 1 aliphatic heterocycles. The average molecular weight is 344 g/mol. The summed E-state index contributed by atoms with van der Waals surface area (Å²) < 4.78 is 8.46. The highest BCUT2D eigenvalue weighted by Gasteiger charge is 2.21. The number of hydrogen-bond acceptors (Lipinski definition) is 3. The van der Waals surface area contributed by atoms with Crippen molar-refractivity contribution in [3.05, 3.63) is 21.9 Å². The maximum Gasteiger partial charge on any atom is 0.150 e. The Morgan fingerprint density at radius 3 is 3.06 bits per heavy atom. The topological polar surface area (TPSA) is 47.3 Å². The lowest BCUT2D eigenvalue weighted by molar-refractivity contribution is -0.0368. The molecule has 0 bridgehead atoms. The third-order valence-corrected chi connectivity index (χ3v) is 3.85. The normalized spacial score (nSPS) is 20.9. The fourth-order valence-electron chi connectivity index (χ4n) is 2.27. The Hall–Kier alpha value is -0.820. The highest BCUT2D eigenvalue weighted by Crippen LogP contribution is 2.32. The van der Waals surface area contributed by atoms with Gasteiger partial charge in [-0.3, -0.25) is 0 Å². The molecular formula is C12H13IN2O2. The maximum atomic E-state index is 9.86. The van der Waals surface area contributed by atoms with Crippen LogP contribution >= 0.6 is 22.6 Å². The van der Waals surface area contributed by atoms with E-state index in [1.54, 1.807) is 6.07 Å². The van der Waals surface area contributed by atoms with Crippen LogP contribution in [0.5, 0.6) is 5.75 Å². The molecule has 0 spiro atoms. The molecule has 1 atom stereocenters. The quantitative estimate of drug-likeness (QED) is 0.809. The molecule has 0 saturated carbocycles. The van der Waals surface area contributed by atoms with Crippen LogP contribution in [0.15, 0.2) is 18.2 Å². The van der Waals surface area contributed by atoms with Crippen molar-refractivity contribution in [3.63, 3.8) is 0 Å². The van der Waals surface area contributed by atoms with Gasteiger partial charge in [-0.15, -0.1) is 0 Å². The molecule has 1 unspecified atom stereocenters. The van der Waals surface area contributed by atoms with Crippen molar-refractivity contribution in [1.82, 2.24) is 9.78 Å². The largest absolute Gasteiger partial charge is 0.507 e. The number of fused-ring (bicyclic) bond motifs is 1. The molecule has 4 nitrogen and oxygen atoms in total. The van der Waals surface area contributed by atoms with Crippen molar-refractivity contribution < 1.29 is 9.84 Å². The Labute approximate surface area is 113 Å². The van der Waals surface area contributed by atoms with Gasteiger partial charge in [-0.25, -0.2) is 4.68 Å². The second-order valence-electron chi connectivity index (χ2n) is 4.23. The molecule has 2 heterocycles. The summed E-state index contributed by atoms with van der Waals surface area (Å²) in [6.45, 7) is 0.793. The summed E-state index contributed by atoms with van der Waals surface area (Å²) >= 11 is 2.15. The summed E-state index contributed by atoms with van der Waals surface area (Å²) in [5.41, 5.74) is 0.946. The van der Waals surface area contributed by atoms with Crippen molar-refractivity contribution >= 4 is 33.5 Å². The Kier molecular flexibility index (Phi) is 2.96. The summed E-state index contributed by atoms with van der Waals surface area (Å²) in [4.78, 5) is 0. The van der Waals surface area contributed by atoms with Gasteiger partial charge in [0, 0.05) is 6.61 Å². The monoisotopic (exact) mass is 344 g/mol. The lowest BCUT2D eigenvalue weighted by Crippen LogP contribution is -2.19. The SMILES string of the molecule is Oc1cccc2c1c(I)nn2C1CCCCO1. The van der Waals surface area contributed by atoms with Gasteiger partial charge in [-0.2, -0.15) is 5.10 Å². The number of hydrogen-bond donors (Lipinski definition) is 1. The number of rotatable bonds is 1. The smallest absolute Gasteiger partial charge is 0.150 e. The van der Waals surface area contributed by atoms with E-state index >= 15 is 0 Å². The summed E-state index contributed by atoms with van der Waals surface area (Å²) in [7, 11) is 0. The van der Waals surface area contributed by atoms with Crippen molar-refractivity contribution in [1.29, 1.82) is 0 Å². The van der Waals surface area contributed by atoms with Gasteiger partial charge in [-0.1, -0.05) is 6.07 Å². The van der Waals surface area contributed by atoms with Crippen molar-refractivity contribution in [2.24, 2.45) is 0 Å². The predicted octanol–water partition coefficient (Wildman–Crippen LogP) is 3.05. The number of aromatic hydroxyl groups is 1. The van der Waals surface area contributed by atoms with E-state index in [0.717, 1.165) is 34.1 Å². The van der Waals surface area contributed by atoms with E-state index in [4.69, 9.17) is 4.74 Å². The Morgan fingerprint density at radius 2 is 2.29 bits per heavy atom. The number of phenols is 1. The van der Waals surface area contributed by atoms with Gasteiger partial charge in [-0.05, 0) is 54.0 Å². The van der Waals surface area contributed by atoms with Crippen LogP contribution in [0.4, 0.5) is 0 Å². The zero-order chi connectivity index (χ0) is 11.8. The summed E-state index contributed by atoms with van der Waals surface area (Å²) in [6.07, 6.45) is 3.29. The highest BCUT2D eigenvalue weighted by molar-refractivity contribution is 14.1. The average Bonchev–Trinajstić information content (AvgIpc) is 2.69. The van der Waals surface area contributed by atoms with Crippen LogP contribution in [-0.4, -0.2) is 21.5 Å². The third-order valence-electron chi connectivity index (χ3n) is 3.10. The molecule has 2 aromatic rings. The van der Waals surface area contributed by atoms with Crippen LogP contribution in [0.25, 0.3) is 10.9 Å². The molecule has 1 fully saturated rings. The molecular weight excluding hydrogens is 331 g/mol. The summed E-state index contributed by atoms with van der Waals surface area (Å²) in [5.74, 6) is 0.286. The molecule has 1 saturated heterocycles. The van der Waals surface area contributed by atoms with Crippen LogP contribution in [0.3, 0.4) is 0 Å². The molecule has 1 aromatic heterocycles. The molecule has 1 aliphatic rings. The zero-order valence-electron chi connectivity index (χ0n) is 9.27. The number of phenolic OH excluding ortho intramolecular Hbond substituents is 1. The van der Waals surface area contributed by atoms with Gasteiger partial charge in [0.25, 0.3) is 0 Å². The number of halogens is 1. The van der Waals surface area contributed by atoms with E-state index in [2.05, 4.69) is 27.7 Å². The van der Waals surface area contributed by atoms with Gasteiger partial charge >= 0.3 is 0 Å². The fraction of sp³-hybridized carbons (Fsp3) is 0.417. The molecule has 1 aromatic carbocycles.